The predicted molar refractivity (Wildman–Crippen MR) is 73.3 cm³/mol. The van der Waals surface area contributed by atoms with E-state index in [1.807, 2.05) is 0 Å². The monoisotopic (exact) mass is 275 g/mol. The number of benzene rings is 2. The Labute approximate surface area is 115 Å². The number of ether oxygens (including phenoxy) is 1. The molecule has 0 saturated carbocycles. The van der Waals surface area contributed by atoms with Gasteiger partial charge in [0.25, 0.3) is 0 Å². The summed E-state index contributed by atoms with van der Waals surface area (Å²) in [5, 5.41) is 9.05. The van der Waals surface area contributed by atoms with Crippen LogP contribution < -0.4 is 10.5 Å². The fourth-order valence-electron chi connectivity index (χ4n) is 1.80. The van der Waals surface area contributed by atoms with Crippen LogP contribution in [-0.4, -0.2) is 11.1 Å². The number of nitrogens with two attached hydrogens (primary N) is 1. The summed E-state index contributed by atoms with van der Waals surface area (Å²) in [6, 6.07) is 9.22. The van der Waals surface area contributed by atoms with E-state index in [9.17, 15) is 9.18 Å². The summed E-state index contributed by atoms with van der Waals surface area (Å²) >= 11 is 0. The van der Waals surface area contributed by atoms with Gasteiger partial charge >= 0.3 is 5.97 Å². The number of aromatic carboxylic acids is 1. The molecule has 0 amide bonds. The largest absolute Gasteiger partial charge is 0.489 e. The third-order valence-corrected chi connectivity index (χ3v) is 2.94. The molecule has 0 aliphatic rings. The molecule has 5 heteroatoms. The van der Waals surface area contributed by atoms with Crippen LogP contribution in [0.1, 0.15) is 21.5 Å². The van der Waals surface area contributed by atoms with Crippen molar-refractivity contribution in [2.75, 3.05) is 5.73 Å². The molecule has 0 radical (unpaired) electrons. The number of hydrogen-bond acceptors (Lipinski definition) is 3. The molecule has 2 aromatic carbocycles. The van der Waals surface area contributed by atoms with E-state index in [1.54, 1.807) is 31.2 Å². The van der Waals surface area contributed by atoms with Gasteiger partial charge < -0.3 is 15.6 Å². The van der Waals surface area contributed by atoms with Crippen molar-refractivity contribution in [1.29, 1.82) is 0 Å². The van der Waals surface area contributed by atoms with Crippen LogP contribution in [-0.2, 0) is 6.61 Å². The number of nitrogen functional groups attached to an aromatic ring is 1. The second kappa shape index (κ2) is 5.61. The van der Waals surface area contributed by atoms with Crippen molar-refractivity contribution in [3.63, 3.8) is 0 Å². The number of anilines is 1. The van der Waals surface area contributed by atoms with Crippen molar-refractivity contribution in [1.82, 2.24) is 0 Å². The van der Waals surface area contributed by atoms with E-state index in [-0.39, 0.29) is 23.7 Å². The zero-order chi connectivity index (χ0) is 14.7. The lowest BCUT2D eigenvalue weighted by Gasteiger charge is -2.11. The number of halogens is 1. The van der Waals surface area contributed by atoms with Crippen LogP contribution in [0.3, 0.4) is 0 Å². The molecule has 0 saturated heterocycles. The minimum atomic E-state index is -1.12. The molecule has 0 heterocycles. The van der Waals surface area contributed by atoms with Crippen molar-refractivity contribution in [3.8, 4) is 5.75 Å². The Kier molecular flexibility index (Phi) is 3.89. The summed E-state index contributed by atoms with van der Waals surface area (Å²) in [7, 11) is 0. The highest BCUT2D eigenvalue weighted by Crippen LogP contribution is 2.25. The standard InChI is InChI=1S/C15H14FNO3/c1-9-6-11(7-12(14(9)17)15(18)19)20-8-10-4-2-3-5-13(10)16/h2-7H,8,17H2,1H3,(H,18,19). The summed E-state index contributed by atoms with van der Waals surface area (Å²) < 4.78 is 18.9. The molecule has 2 aromatic rings. The van der Waals surface area contributed by atoms with Gasteiger partial charge in [-0.05, 0) is 30.7 Å². The molecule has 0 atom stereocenters. The topological polar surface area (TPSA) is 72.5 Å². The number of rotatable bonds is 4. The van der Waals surface area contributed by atoms with Crippen molar-refractivity contribution in [2.45, 2.75) is 13.5 Å². The molecule has 0 bridgehead atoms. The highest BCUT2D eigenvalue weighted by molar-refractivity contribution is 5.95. The second-order valence-corrected chi connectivity index (χ2v) is 4.39. The van der Waals surface area contributed by atoms with E-state index in [2.05, 4.69) is 0 Å². The Hall–Kier alpha value is -2.56. The van der Waals surface area contributed by atoms with Gasteiger partial charge in [0.2, 0.25) is 0 Å². The molecule has 0 fully saturated rings. The minimum Gasteiger partial charge on any atom is -0.489 e. The second-order valence-electron chi connectivity index (χ2n) is 4.39. The van der Waals surface area contributed by atoms with Gasteiger partial charge in [-0.1, -0.05) is 18.2 Å². The first kappa shape index (κ1) is 13.9. The molecule has 0 aromatic heterocycles. The fourth-order valence-corrected chi connectivity index (χ4v) is 1.80. The normalized spacial score (nSPS) is 10.3. The van der Waals surface area contributed by atoms with Gasteiger partial charge in [-0.15, -0.1) is 0 Å². The maximum absolute atomic E-state index is 13.4. The van der Waals surface area contributed by atoms with Crippen molar-refractivity contribution in [3.05, 3.63) is 58.9 Å². The van der Waals surface area contributed by atoms with E-state index in [4.69, 9.17) is 15.6 Å². The van der Waals surface area contributed by atoms with Gasteiger partial charge in [-0.3, -0.25) is 0 Å². The van der Waals surface area contributed by atoms with E-state index in [0.29, 0.717) is 16.9 Å². The van der Waals surface area contributed by atoms with E-state index in [0.717, 1.165) is 0 Å². The smallest absolute Gasteiger partial charge is 0.337 e. The fraction of sp³-hybridized carbons (Fsp3) is 0.133. The first-order valence-electron chi connectivity index (χ1n) is 5.98. The van der Waals surface area contributed by atoms with Crippen molar-refractivity contribution in [2.24, 2.45) is 0 Å². The molecule has 0 aliphatic heterocycles. The third kappa shape index (κ3) is 2.88. The summed E-state index contributed by atoms with van der Waals surface area (Å²) in [6.45, 7) is 1.72. The van der Waals surface area contributed by atoms with Gasteiger partial charge in [0, 0.05) is 11.3 Å². The van der Waals surface area contributed by atoms with E-state index >= 15 is 0 Å². The minimum absolute atomic E-state index is 0.0199. The highest BCUT2D eigenvalue weighted by Gasteiger charge is 2.12. The van der Waals surface area contributed by atoms with Crippen LogP contribution in [0.15, 0.2) is 36.4 Å². The Bertz CT molecular complexity index is 656. The van der Waals surface area contributed by atoms with E-state index in [1.165, 1.54) is 12.1 Å². The van der Waals surface area contributed by atoms with Crippen molar-refractivity contribution >= 4 is 11.7 Å². The lowest BCUT2D eigenvalue weighted by molar-refractivity contribution is 0.0697. The number of carbonyl (C=O) groups is 1. The van der Waals surface area contributed by atoms with Crippen LogP contribution in [0.2, 0.25) is 0 Å². The molecule has 0 aliphatic carbocycles. The lowest BCUT2D eigenvalue weighted by Crippen LogP contribution is -2.06. The molecule has 20 heavy (non-hydrogen) atoms. The molecule has 2 rings (SSSR count). The maximum atomic E-state index is 13.4. The van der Waals surface area contributed by atoms with Crippen LogP contribution in [0.4, 0.5) is 10.1 Å². The molecule has 3 N–H and O–H groups in total. The molecule has 0 unspecified atom stereocenters. The summed E-state index contributed by atoms with van der Waals surface area (Å²) in [6.07, 6.45) is 0. The molecule has 0 spiro atoms. The molecule has 4 nitrogen and oxygen atoms in total. The van der Waals surface area contributed by atoms with Crippen LogP contribution in [0.5, 0.6) is 5.75 Å². The average Bonchev–Trinajstić information content (AvgIpc) is 2.41. The Morgan fingerprint density at radius 2 is 2.05 bits per heavy atom. The summed E-state index contributed by atoms with van der Waals surface area (Å²) in [5.41, 5.74) is 6.88. The highest BCUT2D eigenvalue weighted by atomic mass is 19.1. The summed E-state index contributed by atoms with van der Waals surface area (Å²) in [5.74, 6) is -1.14. The van der Waals surface area contributed by atoms with Crippen molar-refractivity contribution < 1.29 is 19.0 Å². The van der Waals surface area contributed by atoms with Gasteiger partial charge in [0.15, 0.2) is 0 Å². The zero-order valence-electron chi connectivity index (χ0n) is 10.9. The van der Waals surface area contributed by atoms with Crippen LogP contribution >= 0.6 is 0 Å². The van der Waals surface area contributed by atoms with Gasteiger partial charge in [-0.25, -0.2) is 9.18 Å². The number of carboxylic acid groups (broad SMARTS) is 1. The average molecular weight is 275 g/mol. The van der Waals surface area contributed by atoms with E-state index < -0.39 is 5.97 Å². The molecule has 104 valence electrons. The quantitative estimate of drug-likeness (QED) is 0.841. The SMILES string of the molecule is Cc1cc(OCc2ccccc2F)cc(C(=O)O)c1N. The Balaban J connectivity index is 2.22. The number of hydrogen-bond donors (Lipinski definition) is 2. The maximum Gasteiger partial charge on any atom is 0.337 e. The Morgan fingerprint density at radius 3 is 2.70 bits per heavy atom. The third-order valence-electron chi connectivity index (χ3n) is 2.94. The predicted octanol–water partition coefficient (Wildman–Crippen LogP) is 2.99. The first-order chi connectivity index (χ1) is 9.49. The first-order valence-corrected chi connectivity index (χ1v) is 5.98. The van der Waals surface area contributed by atoms with Gasteiger partial charge in [0.05, 0.1) is 5.56 Å². The number of carboxylic acids is 1. The molecular weight excluding hydrogens is 261 g/mol. The molecular formula is C15H14FNO3. The summed E-state index contributed by atoms with van der Waals surface area (Å²) in [4.78, 5) is 11.1. The van der Waals surface area contributed by atoms with Crippen LogP contribution in [0, 0.1) is 12.7 Å². The van der Waals surface area contributed by atoms with Gasteiger partial charge in [-0.2, -0.15) is 0 Å². The number of aryl methyl sites for hydroxylation is 1. The van der Waals surface area contributed by atoms with Crippen LogP contribution in [0.25, 0.3) is 0 Å². The van der Waals surface area contributed by atoms with Gasteiger partial charge in [0.1, 0.15) is 18.2 Å². The zero-order valence-corrected chi connectivity index (χ0v) is 10.9. The lowest BCUT2D eigenvalue weighted by atomic mass is 10.1. The Morgan fingerprint density at radius 1 is 1.35 bits per heavy atom.